The maximum absolute atomic E-state index is 11.4. The van der Waals surface area contributed by atoms with Crippen LogP contribution in [0.4, 0.5) is 0 Å². The molecule has 26 N–H and O–H groups in total. The molecular weight excluding hydrogens is 916 g/mol. The van der Waals surface area contributed by atoms with Crippen molar-refractivity contribution in [3.8, 4) is 0 Å². The fraction of sp³-hybridized carbons (Fsp3) is 1.00. The molecule has 0 amide bonds. The van der Waals surface area contributed by atoms with Gasteiger partial charge in [0.15, 0.2) is 37.7 Å². The first-order chi connectivity index (χ1) is 31.8. The van der Waals surface area contributed by atoms with Crippen molar-refractivity contribution in [3.63, 3.8) is 0 Å². The lowest BCUT2D eigenvalue weighted by Gasteiger charge is -2.50. The Balaban J connectivity index is 1.07. The van der Waals surface area contributed by atoms with Crippen LogP contribution in [0, 0.1) is 0 Å². The molecule has 0 aliphatic carbocycles. The summed E-state index contributed by atoms with van der Waals surface area (Å²) in [5.74, 6) is 0. The highest BCUT2D eigenvalue weighted by Crippen LogP contribution is 2.35. The second-order valence-corrected chi connectivity index (χ2v) is 17.3. The van der Waals surface area contributed by atoms with Crippen molar-refractivity contribution in [1.82, 2.24) is 0 Å². The fourth-order valence-electron chi connectivity index (χ4n) is 8.78. The molecule has 30 unspecified atom stereocenters. The maximum Gasteiger partial charge on any atom is 0.176 e. The SMILES string of the molecule is NC1C(OC2C(CO)OC(OC3C(CO)OC(OC4C(CO)OC(OC5C(CO)OC(OC6C(CO)OC(O)C(N)C6O)C(N)C5O)C(N)C4O)C(N)C3O)C(N)C2O)OC(CO)C(O)C1O. The van der Waals surface area contributed by atoms with Gasteiger partial charge >= 0.3 is 0 Å². The van der Waals surface area contributed by atoms with E-state index in [0.29, 0.717) is 0 Å². The lowest BCUT2D eigenvalue weighted by atomic mass is 9.93. The highest BCUT2D eigenvalue weighted by Gasteiger charge is 2.56. The van der Waals surface area contributed by atoms with E-state index < -0.39 is 224 Å². The molecule has 0 aromatic heterocycles. The molecule has 67 heavy (non-hydrogen) atoms. The second kappa shape index (κ2) is 23.5. The van der Waals surface area contributed by atoms with Gasteiger partial charge in [-0.15, -0.1) is 0 Å². The summed E-state index contributed by atoms with van der Waals surface area (Å²) >= 11 is 0. The number of rotatable bonds is 16. The summed E-state index contributed by atoms with van der Waals surface area (Å²) in [4.78, 5) is 0. The topological polar surface area (TPSA) is 541 Å². The Morgan fingerprint density at radius 3 is 0.731 bits per heavy atom. The number of nitrogens with two attached hydrogens (primary N) is 6. The molecule has 0 saturated carbocycles. The number of aliphatic hydroxyl groups excluding tert-OH is 14. The first-order valence-electron chi connectivity index (χ1n) is 21.6. The van der Waals surface area contributed by atoms with Crippen molar-refractivity contribution in [3.05, 3.63) is 0 Å². The van der Waals surface area contributed by atoms with E-state index in [9.17, 15) is 71.5 Å². The number of ether oxygens (including phenoxy) is 11. The molecular formula is C36H68N6O25. The van der Waals surface area contributed by atoms with Crippen LogP contribution in [0.25, 0.3) is 0 Å². The van der Waals surface area contributed by atoms with Gasteiger partial charge in [0.25, 0.3) is 0 Å². The Morgan fingerprint density at radius 2 is 0.478 bits per heavy atom. The predicted octanol–water partition coefficient (Wildman–Crippen LogP) is -14.3. The van der Waals surface area contributed by atoms with E-state index in [1.54, 1.807) is 0 Å². The molecule has 6 aliphatic rings. The summed E-state index contributed by atoms with van der Waals surface area (Å²) in [5.41, 5.74) is 36.9. The molecule has 6 heterocycles. The van der Waals surface area contributed by atoms with Gasteiger partial charge in [0, 0.05) is 0 Å². The summed E-state index contributed by atoms with van der Waals surface area (Å²) < 4.78 is 63.1. The van der Waals surface area contributed by atoms with Crippen molar-refractivity contribution in [1.29, 1.82) is 0 Å². The van der Waals surface area contributed by atoms with Crippen LogP contribution in [-0.2, 0) is 52.1 Å². The zero-order valence-corrected chi connectivity index (χ0v) is 35.8. The summed E-state index contributed by atoms with van der Waals surface area (Å²) in [6, 6.07) is -8.85. The van der Waals surface area contributed by atoms with E-state index in [2.05, 4.69) is 0 Å². The molecule has 0 aromatic carbocycles. The molecule has 6 saturated heterocycles. The quantitative estimate of drug-likeness (QED) is 0.0683. The molecule has 31 nitrogen and oxygen atoms in total. The third-order valence-corrected chi connectivity index (χ3v) is 12.9. The Labute approximate surface area is 381 Å². The van der Waals surface area contributed by atoms with Crippen LogP contribution in [0.15, 0.2) is 0 Å². The largest absolute Gasteiger partial charge is 0.394 e. The molecule has 6 aliphatic heterocycles. The van der Waals surface area contributed by atoms with Crippen LogP contribution in [-0.4, -0.2) is 295 Å². The molecule has 30 atom stereocenters. The van der Waals surface area contributed by atoms with Crippen molar-refractivity contribution in [2.24, 2.45) is 34.4 Å². The van der Waals surface area contributed by atoms with Gasteiger partial charge in [0.05, 0.1) is 75.9 Å². The van der Waals surface area contributed by atoms with Crippen molar-refractivity contribution >= 4 is 0 Å². The predicted molar refractivity (Wildman–Crippen MR) is 211 cm³/mol. The van der Waals surface area contributed by atoms with E-state index in [0.717, 1.165) is 0 Å². The molecule has 6 fully saturated rings. The van der Waals surface area contributed by atoms with E-state index in [4.69, 9.17) is 86.5 Å². The van der Waals surface area contributed by atoms with E-state index in [-0.39, 0.29) is 0 Å². The summed E-state index contributed by atoms with van der Waals surface area (Å²) in [6.45, 7) is -4.85. The van der Waals surface area contributed by atoms with E-state index in [1.165, 1.54) is 0 Å². The first-order valence-corrected chi connectivity index (χ1v) is 21.6. The van der Waals surface area contributed by atoms with Crippen LogP contribution >= 0.6 is 0 Å². The third kappa shape index (κ3) is 11.2. The smallest absolute Gasteiger partial charge is 0.176 e. The normalized spacial score (nSPS) is 53.4. The van der Waals surface area contributed by atoms with Gasteiger partial charge in [-0.2, -0.15) is 0 Å². The minimum absolute atomic E-state index is 0.728. The van der Waals surface area contributed by atoms with Gasteiger partial charge in [-0.1, -0.05) is 0 Å². The van der Waals surface area contributed by atoms with Crippen molar-refractivity contribution in [2.45, 2.75) is 184 Å². The summed E-state index contributed by atoms with van der Waals surface area (Å²) in [7, 11) is 0. The van der Waals surface area contributed by atoms with E-state index in [1.807, 2.05) is 0 Å². The highest BCUT2D eigenvalue weighted by molar-refractivity contribution is 5.02. The fourth-order valence-corrected chi connectivity index (χ4v) is 8.78. The molecule has 0 spiro atoms. The average Bonchev–Trinajstić information content (AvgIpc) is 3.32. The second-order valence-electron chi connectivity index (χ2n) is 17.3. The summed E-state index contributed by atoms with van der Waals surface area (Å²) in [5, 5.41) is 147. The number of hydrogen-bond acceptors (Lipinski definition) is 31. The molecule has 0 radical (unpaired) electrons. The minimum Gasteiger partial charge on any atom is -0.394 e. The lowest BCUT2D eigenvalue weighted by molar-refractivity contribution is -0.367. The van der Waals surface area contributed by atoms with Gasteiger partial charge in [0.1, 0.15) is 110 Å². The van der Waals surface area contributed by atoms with Crippen molar-refractivity contribution < 1.29 is 124 Å². The highest BCUT2D eigenvalue weighted by atomic mass is 16.8. The van der Waals surface area contributed by atoms with E-state index >= 15 is 0 Å². The van der Waals surface area contributed by atoms with Crippen LogP contribution in [0.5, 0.6) is 0 Å². The molecule has 6 rings (SSSR count). The zero-order valence-electron chi connectivity index (χ0n) is 35.8. The molecule has 0 aromatic rings. The lowest BCUT2D eigenvalue weighted by Crippen LogP contribution is -2.71. The first kappa shape index (κ1) is 55.1. The number of aliphatic hydroxyl groups is 14. The monoisotopic (exact) mass is 984 g/mol. The van der Waals surface area contributed by atoms with Crippen LogP contribution in [0.2, 0.25) is 0 Å². The van der Waals surface area contributed by atoms with Crippen LogP contribution < -0.4 is 34.4 Å². The summed E-state index contributed by atoms with van der Waals surface area (Å²) in [6.07, 6.45) is -37.6. The van der Waals surface area contributed by atoms with Gasteiger partial charge in [0.2, 0.25) is 0 Å². The average molecular weight is 985 g/mol. The van der Waals surface area contributed by atoms with Gasteiger partial charge in [-0.3, -0.25) is 0 Å². The van der Waals surface area contributed by atoms with Crippen LogP contribution in [0.3, 0.4) is 0 Å². The third-order valence-electron chi connectivity index (χ3n) is 12.9. The Morgan fingerprint density at radius 1 is 0.269 bits per heavy atom. The Kier molecular flexibility index (Phi) is 19.4. The number of hydrogen-bond donors (Lipinski definition) is 20. The Hall–Kier alpha value is -1.24. The van der Waals surface area contributed by atoms with Gasteiger partial charge in [-0.25, -0.2) is 0 Å². The Bertz CT molecular complexity index is 1520. The molecule has 31 heteroatoms. The molecule has 0 bridgehead atoms. The van der Waals surface area contributed by atoms with Crippen LogP contribution in [0.1, 0.15) is 0 Å². The van der Waals surface area contributed by atoms with Gasteiger partial charge in [-0.05, 0) is 0 Å². The standard InChI is InChI=1S/C36H68N6O25/c37-13-21(51)26(8(2-44)57-31(13)56)63-33-15(39)23(53)28(10(4-46)59-33)65-35-17(41)25(55)30(12(6-48)61-35)67-36-18(42)24(54)29(11(5-47)62-36)66-34-16(40)22(52)27(9(3-45)60-34)64-32-14(38)20(50)19(49)7(1-43)58-32/h7-36,43-56H,1-6,37-42H2. The minimum atomic E-state index is -1.79. The maximum atomic E-state index is 11.4. The zero-order chi connectivity index (χ0) is 49.3. The van der Waals surface area contributed by atoms with Gasteiger partial charge < -0.3 is 158 Å². The van der Waals surface area contributed by atoms with Crippen molar-refractivity contribution in [2.75, 3.05) is 39.6 Å². The molecule has 392 valence electrons.